The second kappa shape index (κ2) is 7.39. The largest absolute Gasteiger partial charge is 0.371 e. The van der Waals surface area contributed by atoms with E-state index in [-0.39, 0.29) is 17.9 Å². The maximum Gasteiger partial charge on any atom is 0.160 e. The summed E-state index contributed by atoms with van der Waals surface area (Å²) in [7, 11) is 0. The highest BCUT2D eigenvalue weighted by Crippen LogP contribution is 2.48. The van der Waals surface area contributed by atoms with Crippen molar-refractivity contribution >= 4 is 22.6 Å². The number of halogens is 1. The number of benzene rings is 1. The molecular weight excluding hydrogens is 371 g/mol. The lowest BCUT2D eigenvalue weighted by molar-refractivity contribution is 0.313. The second-order valence-corrected chi connectivity index (χ2v) is 9.30. The molecule has 6 heteroatoms. The lowest BCUT2D eigenvalue weighted by Gasteiger charge is -2.31. The molecule has 28 heavy (non-hydrogen) atoms. The van der Waals surface area contributed by atoms with Gasteiger partial charge in [-0.1, -0.05) is 30.8 Å². The minimum Gasteiger partial charge on any atom is -0.371 e. The fourth-order valence-electron chi connectivity index (χ4n) is 4.56. The summed E-state index contributed by atoms with van der Waals surface area (Å²) in [5.41, 5.74) is 2.63. The third-order valence-electron chi connectivity index (χ3n) is 5.91. The molecule has 146 valence electrons. The summed E-state index contributed by atoms with van der Waals surface area (Å²) in [5.74, 6) is -0.130. The number of rotatable bonds is 3. The number of aliphatic imine (C=N–C) groups is 1. The van der Waals surface area contributed by atoms with Crippen molar-refractivity contribution in [2.45, 2.75) is 43.5 Å². The summed E-state index contributed by atoms with van der Waals surface area (Å²) in [6, 6.07) is 11.4. The van der Waals surface area contributed by atoms with Crippen LogP contribution in [0.3, 0.4) is 0 Å². The lowest BCUT2D eigenvalue weighted by atomic mass is 9.95. The van der Waals surface area contributed by atoms with E-state index in [1.54, 1.807) is 24.0 Å². The molecular formula is C22H25FN4S. The Bertz CT molecular complexity index is 881. The Morgan fingerprint density at radius 3 is 2.71 bits per heavy atom. The molecule has 0 saturated carbocycles. The number of fused-ring (bicyclic) bond motifs is 1. The maximum absolute atomic E-state index is 15.4. The standard InChI is InChI=1S/C22H25FN4S/c1-15-14-27-21(20(25-22(27)28-15)19-7-3-4-10-24-19)17-9-8-16(13-18(17)23)26-11-5-2-6-12-26/h3-4,7-10,13,15,20-21H,2,5-6,11-12,14H2,1H3/t15-,20+,21-/m0/s1. The van der Waals surface area contributed by atoms with Crippen molar-refractivity contribution in [3.05, 3.63) is 59.7 Å². The molecule has 0 unspecified atom stereocenters. The Morgan fingerprint density at radius 2 is 1.96 bits per heavy atom. The fraction of sp³-hybridized carbons (Fsp3) is 0.455. The molecule has 3 atom stereocenters. The van der Waals surface area contributed by atoms with Crippen LogP contribution < -0.4 is 4.90 Å². The van der Waals surface area contributed by atoms with E-state index in [0.717, 1.165) is 41.7 Å². The number of thioether (sulfide) groups is 1. The van der Waals surface area contributed by atoms with Gasteiger partial charge in [-0.15, -0.1) is 0 Å². The third kappa shape index (κ3) is 3.17. The molecule has 1 aromatic carbocycles. The minimum atomic E-state index is -0.161. The topological polar surface area (TPSA) is 31.7 Å². The molecule has 0 radical (unpaired) electrons. The van der Waals surface area contributed by atoms with Gasteiger partial charge in [-0.05, 0) is 43.5 Å². The summed E-state index contributed by atoms with van der Waals surface area (Å²) in [6.45, 7) is 5.14. The molecule has 2 aromatic rings. The van der Waals surface area contributed by atoms with Crippen LogP contribution >= 0.6 is 11.8 Å². The number of amidine groups is 1. The predicted molar refractivity (Wildman–Crippen MR) is 113 cm³/mol. The zero-order valence-corrected chi connectivity index (χ0v) is 16.9. The van der Waals surface area contributed by atoms with E-state index in [1.165, 1.54) is 19.3 Å². The van der Waals surface area contributed by atoms with E-state index in [1.807, 2.05) is 24.3 Å². The molecule has 4 heterocycles. The summed E-state index contributed by atoms with van der Waals surface area (Å²) in [5, 5.41) is 1.49. The number of hydrogen-bond acceptors (Lipinski definition) is 5. The molecule has 0 amide bonds. The van der Waals surface area contributed by atoms with Crippen LogP contribution in [0.2, 0.25) is 0 Å². The summed E-state index contributed by atoms with van der Waals surface area (Å²) in [4.78, 5) is 14.1. The Labute approximate surface area is 169 Å². The van der Waals surface area contributed by atoms with Crippen molar-refractivity contribution < 1.29 is 4.39 Å². The van der Waals surface area contributed by atoms with Crippen molar-refractivity contribution in [2.75, 3.05) is 24.5 Å². The zero-order valence-electron chi connectivity index (χ0n) is 16.1. The minimum absolute atomic E-state index is 0.127. The maximum atomic E-state index is 15.4. The van der Waals surface area contributed by atoms with Crippen LogP contribution in [0.1, 0.15) is 49.5 Å². The first kappa shape index (κ1) is 18.0. The van der Waals surface area contributed by atoms with E-state index in [9.17, 15) is 0 Å². The third-order valence-corrected chi connectivity index (χ3v) is 7.01. The SMILES string of the molecule is C[C@H]1CN2C(=N[C@H](c3ccccn3)[C@@H]2c2ccc(N3CCCCC3)cc2F)S1. The van der Waals surface area contributed by atoms with Gasteiger partial charge in [-0.3, -0.25) is 9.98 Å². The van der Waals surface area contributed by atoms with Gasteiger partial charge in [0, 0.05) is 42.3 Å². The zero-order chi connectivity index (χ0) is 19.1. The number of aromatic nitrogens is 1. The predicted octanol–water partition coefficient (Wildman–Crippen LogP) is 4.80. The quantitative estimate of drug-likeness (QED) is 0.746. The van der Waals surface area contributed by atoms with Crippen LogP contribution in [-0.2, 0) is 0 Å². The number of pyridine rings is 1. The summed E-state index contributed by atoms with van der Waals surface area (Å²) < 4.78 is 15.4. The lowest BCUT2D eigenvalue weighted by Crippen LogP contribution is -2.31. The number of anilines is 1. The van der Waals surface area contributed by atoms with Gasteiger partial charge in [0.05, 0.1) is 11.7 Å². The molecule has 5 rings (SSSR count). The van der Waals surface area contributed by atoms with Crippen LogP contribution in [0.4, 0.5) is 10.1 Å². The van der Waals surface area contributed by atoms with Gasteiger partial charge < -0.3 is 9.80 Å². The van der Waals surface area contributed by atoms with E-state index < -0.39 is 0 Å². The van der Waals surface area contributed by atoms with E-state index in [2.05, 4.69) is 27.8 Å². The van der Waals surface area contributed by atoms with E-state index in [0.29, 0.717) is 5.25 Å². The van der Waals surface area contributed by atoms with Gasteiger partial charge in [0.25, 0.3) is 0 Å². The van der Waals surface area contributed by atoms with Gasteiger partial charge in [0.15, 0.2) is 5.17 Å². The van der Waals surface area contributed by atoms with Crippen LogP contribution in [0.25, 0.3) is 0 Å². The average Bonchev–Trinajstić information content (AvgIpc) is 3.25. The number of piperidine rings is 1. The normalized spacial score (nSPS) is 27.1. The Morgan fingerprint density at radius 1 is 1.11 bits per heavy atom. The first-order chi connectivity index (χ1) is 13.7. The van der Waals surface area contributed by atoms with Crippen molar-refractivity contribution in [2.24, 2.45) is 4.99 Å². The van der Waals surface area contributed by atoms with Gasteiger partial charge in [-0.25, -0.2) is 4.39 Å². The molecule has 3 aliphatic rings. The molecule has 4 nitrogen and oxygen atoms in total. The van der Waals surface area contributed by atoms with Crippen molar-refractivity contribution in [1.82, 2.24) is 9.88 Å². The Hall–Kier alpha value is -2.08. The van der Waals surface area contributed by atoms with E-state index in [4.69, 9.17) is 4.99 Å². The van der Waals surface area contributed by atoms with Crippen LogP contribution in [-0.4, -0.2) is 39.9 Å². The number of hydrogen-bond donors (Lipinski definition) is 0. The first-order valence-corrected chi connectivity index (χ1v) is 11.0. The highest BCUT2D eigenvalue weighted by Gasteiger charge is 2.44. The first-order valence-electron chi connectivity index (χ1n) is 10.2. The molecule has 0 aliphatic carbocycles. The summed E-state index contributed by atoms with van der Waals surface area (Å²) in [6.07, 6.45) is 5.44. The molecule has 2 saturated heterocycles. The number of nitrogens with zero attached hydrogens (tertiary/aromatic N) is 4. The van der Waals surface area contributed by atoms with E-state index >= 15 is 4.39 Å². The highest BCUT2D eigenvalue weighted by molar-refractivity contribution is 8.14. The van der Waals surface area contributed by atoms with Gasteiger partial charge in [-0.2, -0.15) is 0 Å². The molecule has 1 aromatic heterocycles. The molecule has 0 spiro atoms. The van der Waals surface area contributed by atoms with Gasteiger partial charge >= 0.3 is 0 Å². The molecule has 0 N–H and O–H groups in total. The van der Waals surface area contributed by atoms with Crippen molar-refractivity contribution in [3.63, 3.8) is 0 Å². The monoisotopic (exact) mass is 396 g/mol. The summed E-state index contributed by atoms with van der Waals surface area (Å²) >= 11 is 1.78. The Kier molecular flexibility index (Phi) is 4.75. The highest BCUT2D eigenvalue weighted by atomic mass is 32.2. The van der Waals surface area contributed by atoms with Gasteiger partial charge in [0.1, 0.15) is 11.9 Å². The van der Waals surface area contributed by atoms with Crippen LogP contribution in [0, 0.1) is 5.82 Å². The second-order valence-electron chi connectivity index (χ2n) is 7.89. The van der Waals surface area contributed by atoms with Gasteiger partial charge in [0.2, 0.25) is 0 Å². The molecule has 3 aliphatic heterocycles. The fourth-order valence-corrected chi connectivity index (χ4v) is 5.65. The van der Waals surface area contributed by atoms with Crippen LogP contribution in [0.15, 0.2) is 47.6 Å². The van der Waals surface area contributed by atoms with Crippen molar-refractivity contribution in [1.29, 1.82) is 0 Å². The smallest absolute Gasteiger partial charge is 0.160 e. The van der Waals surface area contributed by atoms with Crippen LogP contribution in [0.5, 0.6) is 0 Å². The molecule has 2 fully saturated rings. The Balaban J connectivity index is 1.50. The average molecular weight is 397 g/mol. The van der Waals surface area contributed by atoms with Crippen molar-refractivity contribution in [3.8, 4) is 0 Å². The molecule has 0 bridgehead atoms.